The first-order valence-corrected chi connectivity index (χ1v) is 8.81. The highest BCUT2D eigenvalue weighted by atomic mass is 32.2. The van der Waals surface area contributed by atoms with Crippen LogP contribution in [0.2, 0.25) is 0 Å². The molecule has 0 bridgehead atoms. The minimum atomic E-state index is -3.39. The average molecular weight is 296 g/mol. The summed E-state index contributed by atoms with van der Waals surface area (Å²) in [6, 6.07) is 5.63. The van der Waals surface area contributed by atoms with Gasteiger partial charge in [0.1, 0.15) is 0 Å². The van der Waals surface area contributed by atoms with Crippen molar-refractivity contribution in [1.29, 1.82) is 0 Å². The van der Waals surface area contributed by atoms with E-state index in [4.69, 9.17) is 0 Å². The van der Waals surface area contributed by atoms with E-state index in [2.05, 4.69) is 10.0 Å². The van der Waals surface area contributed by atoms with Crippen molar-refractivity contribution >= 4 is 10.0 Å². The Hall–Kier alpha value is -0.910. The lowest BCUT2D eigenvalue weighted by atomic mass is 9.86. The van der Waals surface area contributed by atoms with Crippen molar-refractivity contribution in [3.8, 4) is 0 Å². The van der Waals surface area contributed by atoms with Crippen LogP contribution in [0.1, 0.15) is 37.3 Å². The summed E-state index contributed by atoms with van der Waals surface area (Å²) in [5, 5.41) is 3.22. The normalized spacial score (nSPS) is 16.1. The third-order valence-corrected chi connectivity index (χ3v) is 5.47. The van der Waals surface area contributed by atoms with Crippen molar-refractivity contribution in [1.82, 2.24) is 10.0 Å². The lowest BCUT2D eigenvalue weighted by Crippen LogP contribution is -2.32. The Kier molecular flexibility index (Phi) is 5.18. The Labute approximate surface area is 122 Å². The van der Waals surface area contributed by atoms with Crippen LogP contribution in [0.3, 0.4) is 0 Å². The summed E-state index contributed by atoms with van der Waals surface area (Å²) in [5.74, 6) is 0.523. The zero-order chi connectivity index (χ0) is 14.6. The minimum absolute atomic E-state index is 0.409. The van der Waals surface area contributed by atoms with E-state index in [0.717, 1.165) is 30.5 Å². The second kappa shape index (κ2) is 6.70. The molecule has 0 saturated heterocycles. The fraction of sp³-hybridized carbons (Fsp3) is 0.600. The van der Waals surface area contributed by atoms with Crippen LogP contribution < -0.4 is 10.0 Å². The Balaban J connectivity index is 2.11. The lowest BCUT2D eigenvalue weighted by Gasteiger charge is -2.25. The first-order valence-electron chi connectivity index (χ1n) is 7.33. The predicted octanol–water partition coefficient (Wildman–Crippen LogP) is 2.18. The van der Waals surface area contributed by atoms with Gasteiger partial charge < -0.3 is 5.32 Å². The second-order valence-electron chi connectivity index (χ2n) is 5.53. The molecule has 2 rings (SSSR count). The van der Waals surface area contributed by atoms with Gasteiger partial charge in [0.15, 0.2) is 0 Å². The van der Waals surface area contributed by atoms with Crippen LogP contribution in [-0.4, -0.2) is 21.5 Å². The van der Waals surface area contributed by atoms with Crippen LogP contribution in [0, 0.1) is 12.8 Å². The van der Waals surface area contributed by atoms with E-state index in [1.165, 1.54) is 6.42 Å². The van der Waals surface area contributed by atoms with Gasteiger partial charge in [0.25, 0.3) is 0 Å². The third kappa shape index (κ3) is 3.81. The molecule has 0 heterocycles. The van der Waals surface area contributed by atoms with Crippen LogP contribution in [0.15, 0.2) is 23.1 Å². The molecule has 0 aromatic heterocycles. The van der Waals surface area contributed by atoms with Gasteiger partial charge in [-0.2, -0.15) is 0 Å². The maximum atomic E-state index is 12.4. The third-order valence-electron chi connectivity index (χ3n) is 3.91. The molecule has 1 aliphatic rings. The molecule has 1 fully saturated rings. The van der Waals surface area contributed by atoms with Gasteiger partial charge in [-0.25, -0.2) is 13.1 Å². The first kappa shape index (κ1) is 15.5. The highest BCUT2D eigenvalue weighted by Gasteiger charge is 2.22. The molecular formula is C15H24N2O2S. The summed E-state index contributed by atoms with van der Waals surface area (Å²) in [6.07, 6.45) is 3.51. The van der Waals surface area contributed by atoms with Crippen LogP contribution in [0.5, 0.6) is 0 Å². The quantitative estimate of drug-likeness (QED) is 0.811. The summed E-state index contributed by atoms with van der Waals surface area (Å²) < 4.78 is 27.5. The highest BCUT2D eigenvalue weighted by molar-refractivity contribution is 7.89. The van der Waals surface area contributed by atoms with Crippen LogP contribution in [0.25, 0.3) is 0 Å². The van der Waals surface area contributed by atoms with Gasteiger partial charge in [-0.05, 0) is 49.4 Å². The monoisotopic (exact) mass is 296 g/mol. The first-order chi connectivity index (χ1) is 9.53. The van der Waals surface area contributed by atoms with E-state index in [9.17, 15) is 8.42 Å². The Morgan fingerprint density at radius 1 is 1.30 bits per heavy atom. The summed E-state index contributed by atoms with van der Waals surface area (Å²) in [6.45, 7) is 6.01. The van der Waals surface area contributed by atoms with E-state index in [0.29, 0.717) is 23.9 Å². The summed E-state index contributed by atoms with van der Waals surface area (Å²) >= 11 is 0. The average Bonchev–Trinajstić information content (AvgIpc) is 2.35. The number of aryl methyl sites for hydroxylation is 1. The van der Waals surface area contributed by atoms with E-state index >= 15 is 0 Å². The molecule has 112 valence electrons. The molecule has 1 aliphatic carbocycles. The molecule has 20 heavy (non-hydrogen) atoms. The Morgan fingerprint density at radius 2 is 2.05 bits per heavy atom. The smallest absolute Gasteiger partial charge is 0.240 e. The molecule has 2 N–H and O–H groups in total. The summed E-state index contributed by atoms with van der Waals surface area (Å²) in [5.41, 5.74) is 1.80. The van der Waals surface area contributed by atoms with Gasteiger partial charge in [0, 0.05) is 13.1 Å². The van der Waals surface area contributed by atoms with E-state index < -0.39 is 10.0 Å². The Bertz CT molecular complexity index is 551. The van der Waals surface area contributed by atoms with Crippen molar-refractivity contribution in [2.24, 2.45) is 5.92 Å². The molecule has 1 aromatic rings. The van der Waals surface area contributed by atoms with E-state index in [-0.39, 0.29) is 0 Å². The molecule has 1 aromatic carbocycles. The largest absolute Gasteiger partial charge is 0.313 e. The van der Waals surface area contributed by atoms with Crippen LogP contribution in [-0.2, 0) is 16.6 Å². The molecule has 0 amide bonds. The maximum absolute atomic E-state index is 12.4. The van der Waals surface area contributed by atoms with Gasteiger partial charge in [-0.15, -0.1) is 0 Å². The Morgan fingerprint density at radius 3 is 2.65 bits per heavy atom. The molecule has 0 spiro atoms. The maximum Gasteiger partial charge on any atom is 0.240 e. The van der Waals surface area contributed by atoms with Gasteiger partial charge in [0.05, 0.1) is 4.90 Å². The van der Waals surface area contributed by atoms with Gasteiger partial charge in [0.2, 0.25) is 10.0 Å². The van der Waals surface area contributed by atoms with Gasteiger partial charge in [-0.1, -0.05) is 25.5 Å². The van der Waals surface area contributed by atoms with E-state index in [1.807, 2.05) is 26.0 Å². The number of hydrogen-bond donors (Lipinski definition) is 2. The molecule has 4 nitrogen and oxygen atoms in total. The van der Waals surface area contributed by atoms with Crippen molar-refractivity contribution in [3.05, 3.63) is 29.3 Å². The molecule has 0 radical (unpaired) electrons. The number of sulfonamides is 1. The van der Waals surface area contributed by atoms with Gasteiger partial charge in [-0.3, -0.25) is 0 Å². The SMILES string of the molecule is CCNCc1ccc(C)c(S(=O)(=O)NCC2CCC2)c1. The number of hydrogen-bond acceptors (Lipinski definition) is 3. The van der Waals surface area contributed by atoms with E-state index in [1.54, 1.807) is 6.07 Å². The lowest BCUT2D eigenvalue weighted by molar-refractivity contribution is 0.316. The van der Waals surface area contributed by atoms with Crippen molar-refractivity contribution in [2.45, 2.75) is 44.6 Å². The number of nitrogens with one attached hydrogen (secondary N) is 2. The zero-order valence-electron chi connectivity index (χ0n) is 12.3. The molecule has 0 unspecified atom stereocenters. The molecule has 0 aliphatic heterocycles. The van der Waals surface area contributed by atoms with Crippen molar-refractivity contribution in [2.75, 3.05) is 13.1 Å². The predicted molar refractivity (Wildman–Crippen MR) is 81.1 cm³/mol. The zero-order valence-corrected chi connectivity index (χ0v) is 13.1. The second-order valence-corrected chi connectivity index (χ2v) is 7.26. The molecule has 0 atom stereocenters. The minimum Gasteiger partial charge on any atom is -0.313 e. The number of benzene rings is 1. The standard InChI is InChI=1S/C15H24N2O2S/c1-3-16-10-14-8-7-12(2)15(9-14)20(18,19)17-11-13-5-4-6-13/h7-9,13,16-17H,3-6,10-11H2,1-2H3. The van der Waals surface area contributed by atoms with Crippen molar-refractivity contribution in [3.63, 3.8) is 0 Å². The molecule has 5 heteroatoms. The van der Waals surface area contributed by atoms with Crippen molar-refractivity contribution < 1.29 is 8.42 Å². The van der Waals surface area contributed by atoms with Crippen LogP contribution in [0.4, 0.5) is 0 Å². The highest BCUT2D eigenvalue weighted by Crippen LogP contribution is 2.26. The summed E-state index contributed by atoms with van der Waals surface area (Å²) in [4.78, 5) is 0.409. The van der Waals surface area contributed by atoms with Crippen LogP contribution >= 0.6 is 0 Å². The number of rotatable bonds is 7. The topological polar surface area (TPSA) is 58.2 Å². The molecule has 1 saturated carbocycles. The molecular weight excluding hydrogens is 272 g/mol. The fourth-order valence-electron chi connectivity index (χ4n) is 2.32. The fourth-order valence-corrected chi connectivity index (χ4v) is 3.72. The van der Waals surface area contributed by atoms with Gasteiger partial charge >= 0.3 is 0 Å². The summed E-state index contributed by atoms with van der Waals surface area (Å²) in [7, 11) is -3.39.